The molecule has 10 aromatic rings. The smallest absolute Gasteiger partial charge is 0.0892 e. The van der Waals surface area contributed by atoms with Crippen LogP contribution in [0.5, 0.6) is 0 Å². The van der Waals surface area contributed by atoms with Crippen LogP contribution < -0.4 is 0 Å². The van der Waals surface area contributed by atoms with Gasteiger partial charge in [-0.15, -0.1) is 0 Å². The molecule has 0 amide bonds. The zero-order chi connectivity index (χ0) is 37.1. The van der Waals surface area contributed by atoms with Gasteiger partial charge in [0.15, 0.2) is 0 Å². The molecule has 262 valence electrons. The Morgan fingerprint density at radius 2 is 1.20 bits per heavy atom. The number of hydrogen-bond donors (Lipinski definition) is 0. The minimum absolute atomic E-state index is 0.635. The normalized spacial score (nSPS) is 14.5. The van der Waals surface area contributed by atoms with Crippen molar-refractivity contribution in [3.8, 4) is 50.5 Å². The molecule has 1 aliphatic rings. The fraction of sp³-hybridized carbons (Fsp3) is 0.0196. The second kappa shape index (κ2) is 12.8. The van der Waals surface area contributed by atoms with Crippen molar-refractivity contribution in [3.63, 3.8) is 0 Å². The average molecular weight is 716 g/mol. The van der Waals surface area contributed by atoms with Crippen molar-refractivity contribution in [2.45, 2.75) is 5.41 Å². The van der Waals surface area contributed by atoms with E-state index in [1.807, 2.05) is 36.8 Å². The van der Waals surface area contributed by atoms with Gasteiger partial charge in [-0.05, 0) is 100 Å². The van der Waals surface area contributed by atoms with Gasteiger partial charge in [-0.3, -0.25) is 15.0 Å². The monoisotopic (exact) mass is 715 g/mol. The van der Waals surface area contributed by atoms with E-state index in [4.69, 9.17) is 9.97 Å². The zero-order valence-electron chi connectivity index (χ0n) is 30.3. The molecular weight excluding hydrogens is 683 g/mol. The van der Waals surface area contributed by atoms with Gasteiger partial charge < -0.3 is 4.57 Å². The Morgan fingerprint density at radius 1 is 0.464 bits per heavy atom. The molecule has 0 saturated carbocycles. The number of rotatable bonds is 6. The quantitative estimate of drug-likeness (QED) is 0.172. The lowest BCUT2D eigenvalue weighted by Crippen LogP contribution is -2.29. The van der Waals surface area contributed by atoms with E-state index in [1.54, 1.807) is 12.4 Å². The molecule has 5 heterocycles. The van der Waals surface area contributed by atoms with Crippen molar-refractivity contribution >= 4 is 21.8 Å². The van der Waals surface area contributed by atoms with Crippen LogP contribution in [0.1, 0.15) is 22.4 Å². The van der Waals surface area contributed by atoms with Gasteiger partial charge in [0.2, 0.25) is 0 Å². The number of pyridine rings is 4. The first-order valence-electron chi connectivity index (χ1n) is 18.9. The molecule has 1 unspecified atom stereocenters. The minimum Gasteiger partial charge on any atom is -0.309 e. The molecule has 0 aliphatic heterocycles. The molecule has 0 fully saturated rings. The highest BCUT2D eigenvalue weighted by molar-refractivity contribution is 6.15. The number of para-hydroxylation sites is 1. The van der Waals surface area contributed by atoms with E-state index in [2.05, 4.69) is 166 Å². The molecule has 5 aromatic carbocycles. The van der Waals surface area contributed by atoms with Gasteiger partial charge >= 0.3 is 0 Å². The minimum atomic E-state index is -0.635. The molecule has 0 radical (unpaired) electrons. The Labute approximate surface area is 324 Å². The lowest BCUT2D eigenvalue weighted by Gasteiger charge is -2.33. The average Bonchev–Trinajstić information content (AvgIpc) is 3.78. The van der Waals surface area contributed by atoms with Crippen LogP contribution in [0.2, 0.25) is 0 Å². The van der Waals surface area contributed by atoms with Crippen LogP contribution in [0, 0.1) is 0 Å². The van der Waals surface area contributed by atoms with Crippen LogP contribution in [0.4, 0.5) is 0 Å². The molecule has 56 heavy (non-hydrogen) atoms. The highest BCUT2D eigenvalue weighted by Gasteiger charge is 2.48. The number of aromatic nitrogens is 5. The second-order valence-corrected chi connectivity index (χ2v) is 14.3. The summed E-state index contributed by atoms with van der Waals surface area (Å²) in [6, 6.07) is 60.6. The van der Waals surface area contributed by atoms with Crippen LogP contribution >= 0.6 is 0 Å². The Bertz CT molecular complexity index is 2970. The Hall–Kier alpha value is -7.50. The van der Waals surface area contributed by atoms with Crippen LogP contribution in [-0.4, -0.2) is 24.5 Å². The van der Waals surface area contributed by atoms with Gasteiger partial charge in [0.25, 0.3) is 0 Å². The lowest BCUT2D eigenvalue weighted by atomic mass is 9.69. The molecule has 1 aliphatic carbocycles. The fourth-order valence-corrected chi connectivity index (χ4v) is 8.96. The molecule has 5 aromatic heterocycles. The van der Waals surface area contributed by atoms with Gasteiger partial charge in [0.1, 0.15) is 0 Å². The number of nitrogens with zero attached hydrogens (tertiary/aromatic N) is 5. The van der Waals surface area contributed by atoms with Crippen molar-refractivity contribution < 1.29 is 0 Å². The highest BCUT2D eigenvalue weighted by Crippen LogP contribution is 2.58. The molecule has 1 atom stereocenters. The zero-order valence-corrected chi connectivity index (χ0v) is 30.3. The fourth-order valence-electron chi connectivity index (χ4n) is 8.96. The summed E-state index contributed by atoms with van der Waals surface area (Å²) < 4.78 is 2.42. The second-order valence-electron chi connectivity index (χ2n) is 14.3. The van der Waals surface area contributed by atoms with Gasteiger partial charge in [-0.1, -0.05) is 103 Å². The summed E-state index contributed by atoms with van der Waals surface area (Å²) in [5.41, 5.74) is 15.7. The summed E-state index contributed by atoms with van der Waals surface area (Å²) in [5.74, 6) is 0. The molecule has 0 saturated heterocycles. The molecule has 0 N–H and O–H groups in total. The van der Waals surface area contributed by atoms with E-state index >= 15 is 0 Å². The Balaban J connectivity index is 1.18. The summed E-state index contributed by atoms with van der Waals surface area (Å²) in [7, 11) is 0. The Morgan fingerprint density at radius 3 is 2.00 bits per heavy atom. The van der Waals surface area contributed by atoms with Crippen LogP contribution in [0.25, 0.3) is 72.3 Å². The van der Waals surface area contributed by atoms with Crippen LogP contribution in [0.3, 0.4) is 0 Å². The number of benzene rings is 5. The third-order valence-electron chi connectivity index (χ3n) is 11.3. The van der Waals surface area contributed by atoms with E-state index < -0.39 is 5.41 Å². The largest absolute Gasteiger partial charge is 0.309 e. The van der Waals surface area contributed by atoms with Gasteiger partial charge in [-0.25, -0.2) is 4.98 Å². The SMILES string of the molecule is c1ccc(C2(c3ccccn3)c3ccccc3-c3ccc4c(c32)c2ccccc2n4-c2cccc(-c3cc(-c4cccnc4)cc(-c4cccnc4)n3)c2)cc1. The highest BCUT2D eigenvalue weighted by atomic mass is 15.0. The van der Waals surface area contributed by atoms with Crippen molar-refractivity contribution in [2.24, 2.45) is 0 Å². The molecule has 5 heteroatoms. The predicted octanol–water partition coefficient (Wildman–Crippen LogP) is 11.7. The summed E-state index contributed by atoms with van der Waals surface area (Å²) in [4.78, 5) is 19.2. The molecule has 0 spiro atoms. The maximum atomic E-state index is 5.23. The molecule has 5 nitrogen and oxygen atoms in total. The third-order valence-corrected chi connectivity index (χ3v) is 11.3. The molecular formula is C51H33N5. The van der Waals surface area contributed by atoms with Gasteiger partial charge in [0.05, 0.1) is 33.5 Å². The first-order valence-corrected chi connectivity index (χ1v) is 18.9. The molecule has 11 rings (SSSR count). The Kier molecular flexibility index (Phi) is 7.32. The van der Waals surface area contributed by atoms with E-state index in [1.165, 1.54) is 38.6 Å². The third kappa shape index (κ3) is 4.81. The maximum Gasteiger partial charge on any atom is 0.0892 e. The van der Waals surface area contributed by atoms with Crippen molar-refractivity contribution in [1.82, 2.24) is 24.5 Å². The number of fused-ring (bicyclic) bond motifs is 7. The summed E-state index contributed by atoms with van der Waals surface area (Å²) >= 11 is 0. The summed E-state index contributed by atoms with van der Waals surface area (Å²) in [6.45, 7) is 0. The van der Waals surface area contributed by atoms with Crippen molar-refractivity contribution in [3.05, 3.63) is 223 Å². The van der Waals surface area contributed by atoms with E-state index in [0.717, 1.165) is 56.1 Å². The first kappa shape index (κ1) is 32.0. The van der Waals surface area contributed by atoms with Crippen LogP contribution in [0.15, 0.2) is 201 Å². The van der Waals surface area contributed by atoms with Crippen molar-refractivity contribution in [1.29, 1.82) is 0 Å². The topological polar surface area (TPSA) is 56.5 Å². The standard InChI is InChI=1S/C51H33N5/c1-2-16-38(17-3-1)51(48-23-8-9-28-54-48)43-21-6-4-19-40(43)41-24-25-47-49(50(41)51)42-20-5-7-22-46(42)56(47)39-18-10-13-34(29-39)44-30-37(35-14-11-26-52-32-35)31-45(55-44)36-15-12-27-53-33-36/h1-33H. The van der Waals surface area contributed by atoms with Crippen LogP contribution in [-0.2, 0) is 5.41 Å². The van der Waals surface area contributed by atoms with Crippen molar-refractivity contribution in [2.75, 3.05) is 0 Å². The number of hydrogen-bond acceptors (Lipinski definition) is 4. The van der Waals surface area contributed by atoms with E-state index in [0.29, 0.717) is 0 Å². The predicted molar refractivity (Wildman–Crippen MR) is 226 cm³/mol. The van der Waals surface area contributed by atoms with E-state index in [-0.39, 0.29) is 0 Å². The summed E-state index contributed by atoms with van der Waals surface area (Å²) in [6.07, 6.45) is 9.28. The van der Waals surface area contributed by atoms with Gasteiger partial charge in [0, 0.05) is 64.1 Å². The maximum absolute atomic E-state index is 5.23. The molecule has 0 bridgehead atoms. The first-order chi connectivity index (χ1) is 27.8. The van der Waals surface area contributed by atoms with E-state index in [9.17, 15) is 0 Å². The summed E-state index contributed by atoms with van der Waals surface area (Å²) in [5, 5.41) is 2.43. The lowest BCUT2D eigenvalue weighted by molar-refractivity contribution is 0.741. The van der Waals surface area contributed by atoms with Gasteiger partial charge in [-0.2, -0.15) is 0 Å².